The van der Waals surface area contributed by atoms with E-state index >= 15 is 0 Å². The van der Waals surface area contributed by atoms with Crippen LogP contribution in [0.3, 0.4) is 0 Å². The van der Waals surface area contributed by atoms with Crippen LogP contribution in [-0.4, -0.2) is 66.0 Å². The van der Waals surface area contributed by atoms with E-state index in [1.165, 1.54) is 13.5 Å². The molecule has 2 aliphatic heterocycles. The van der Waals surface area contributed by atoms with Crippen molar-refractivity contribution in [3.8, 4) is 0 Å². The molecule has 0 aromatic rings. The lowest BCUT2D eigenvalue weighted by molar-refractivity contribution is -0.148. The van der Waals surface area contributed by atoms with E-state index in [2.05, 4.69) is 0 Å². The molecule has 0 unspecified atom stereocenters. The minimum Gasteiger partial charge on any atom is -0.277 e. The minimum atomic E-state index is -3.61. The van der Waals surface area contributed by atoms with E-state index in [4.69, 9.17) is 0 Å². The van der Waals surface area contributed by atoms with Crippen LogP contribution in [0, 0.1) is 11.8 Å². The largest absolute Gasteiger partial charge is 0.282 e. The lowest BCUT2D eigenvalue weighted by atomic mass is 9.88. The fourth-order valence-electron chi connectivity index (χ4n) is 4.86. The first-order valence-corrected chi connectivity index (χ1v) is 11.3. The number of fused-ring (bicyclic) bond motifs is 1. The van der Waals surface area contributed by atoms with Crippen LogP contribution in [0.25, 0.3) is 0 Å². The number of amides is 2. The molecule has 2 amide bonds. The zero-order chi connectivity index (χ0) is 19.1. The van der Waals surface area contributed by atoms with Gasteiger partial charge in [-0.05, 0) is 25.7 Å². The molecule has 3 aliphatic rings. The highest BCUT2D eigenvalue weighted by Crippen LogP contribution is 2.40. The van der Waals surface area contributed by atoms with Crippen molar-refractivity contribution >= 4 is 22.0 Å². The summed E-state index contributed by atoms with van der Waals surface area (Å²) in [6.07, 6.45) is 6.17. The van der Waals surface area contributed by atoms with Gasteiger partial charge in [0.05, 0.1) is 18.0 Å². The molecule has 2 heterocycles. The predicted octanol–water partition coefficient (Wildman–Crippen LogP) is 1.60. The Bertz CT molecular complexity index is 659. The molecule has 2 saturated heterocycles. The monoisotopic (exact) mass is 385 g/mol. The van der Waals surface area contributed by atoms with Crippen molar-refractivity contribution in [1.82, 2.24) is 13.5 Å². The van der Waals surface area contributed by atoms with Crippen LogP contribution in [0.2, 0.25) is 0 Å². The Labute approximate surface area is 156 Å². The van der Waals surface area contributed by atoms with Gasteiger partial charge in [0.1, 0.15) is 0 Å². The van der Waals surface area contributed by atoms with Crippen LogP contribution in [0.1, 0.15) is 58.8 Å². The lowest BCUT2D eigenvalue weighted by Gasteiger charge is -2.30. The first kappa shape index (κ1) is 19.8. The maximum absolute atomic E-state index is 13.0. The van der Waals surface area contributed by atoms with Gasteiger partial charge in [0.25, 0.3) is 10.2 Å². The quantitative estimate of drug-likeness (QED) is 0.674. The molecular formula is C18H31N3O4S. The molecule has 7 nitrogen and oxygen atoms in total. The molecule has 0 bridgehead atoms. The SMILES string of the molecule is CCCN(C)S(=O)(=O)N1CC[C@H]2[C@H]1[C@H](C)C(=O)N2C(=O)C1CCCCC1. The van der Waals surface area contributed by atoms with Gasteiger partial charge in [-0.25, -0.2) is 0 Å². The van der Waals surface area contributed by atoms with E-state index < -0.39 is 22.2 Å². The Hall–Kier alpha value is -0.990. The Kier molecular flexibility index (Phi) is 5.75. The minimum absolute atomic E-state index is 0.0739. The summed E-state index contributed by atoms with van der Waals surface area (Å²) in [7, 11) is -2.03. The summed E-state index contributed by atoms with van der Waals surface area (Å²) >= 11 is 0. The fraction of sp³-hybridized carbons (Fsp3) is 0.889. The average molecular weight is 386 g/mol. The molecule has 26 heavy (non-hydrogen) atoms. The third-order valence-electron chi connectivity index (χ3n) is 6.26. The number of rotatable bonds is 5. The van der Waals surface area contributed by atoms with Crippen LogP contribution >= 0.6 is 0 Å². The first-order valence-electron chi connectivity index (χ1n) is 9.90. The Morgan fingerprint density at radius 1 is 1.19 bits per heavy atom. The molecule has 3 rings (SSSR count). The summed E-state index contributed by atoms with van der Waals surface area (Å²) in [5, 5.41) is 0. The van der Waals surface area contributed by atoms with Gasteiger partial charge >= 0.3 is 0 Å². The number of imide groups is 1. The Balaban J connectivity index is 1.82. The molecule has 3 fully saturated rings. The number of carbonyl (C=O) groups excluding carboxylic acids is 2. The van der Waals surface area contributed by atoms with Gasteiger partial charge in [0.15, 0.2) is 0 Å². The van der Waals surface area contributed by atoms with E-state index in [-0.39, 0.29) is 23.8 Å². The molecule has 0 N–H and O–H groups in total. The summed E-state index contributed by atoms with van der Waals surface area (Å²) in [6.45, 7) is 4.52. The van der Waals surface area contributed by atoms with Gasteiger partial charge in [0.2, 0.25) is 11.8 Å². The van der Waals surface area contributed by atoms with Crippen molar-refractivity contribution in [3.05, 3.63) is 0 Å². The number of nitrogens with zero attached hydrogens (tertiary/aromatic N) is 3. The zero-order valence-corrected chi connectivity index (χ0v) is 16.9. The summed E-state index contributed by atoms with van der Waals surface area (Å²) in [6, 6.07) is -0.740. The van der Waals surface area contributed by atoms with Crippen LogP contribution in [0.5, 0.6) is 0 Å². The smallest absolute Gasteiger partial charge is 0.277 e. The highest BCUT2D eigenvalue weighted by molar-refractivity contribution is 7.86. The summed E-state index contributed by atoms with van der Waals surface area (Å²) < 4.78 is 28.7. The molecule has 3 atom stereocenters. The standard InChI is InChI=1S/C18H31N3O4S/c1-4-11-19(3)26(24,25)20-12-10-15-16(20)13(2)17(22)21(15)18(23)14-8-6-5-7-9-14/h13-16H,4-12H2,1-3H3/t13-,15-,16+/m0/s1. The second kappa shape index (κ2) is 7.56. The van der Waals surface area contributed by atoms with E-state index in [0.717, 1.165) is 38.5 Å². The topological polar surface area (TPSA) is 78.0 Å². The normalized spacial score (nSPS) is 31.0. The Morgan fingerprint density at radius 3 is 2.46 bits per heavy atom. The molecule has 148 valence electrons. The van der Waals surface area contributed by atoms with Crippen LogP contribution in [0.15, 0.2) is 0 Å². The second-order valence-electron chi connectivity index (χ2n) is 7.96. The first-order chi connectivity index (χ1) is 12.3. The highest BCUT2D eigenvalue weighted by Gasteiger charge is 2.57. The highest BCUT2D eigenvalue weighted by atomic mass is 32.2. The van der Waals surface area contributed by atoms with Gasteiger partial charge in [-0.3, -0.25) is 14.5 Å². The van der Waals surface area contributed by atoms with Crippen molar-refractivity contribution in [3.63, 3.8) is 0 Å². The lowest BCUT2D eigenvalue weighted by Crippen LogP contribution is -2.48. The number of hydrogen-bond donors (Lipinski definition) is 0. The number of likely N-dealkylation sites (tertiary alicyclic amines) is 1. The number of hydrogen-bond acceptors (Lipinski definition) is 4. The molecule has 1 saturated carbocycles. The van der Waals surface area contributed by atoms with Crippen molar-refractivity contribution in [1.29, 1.82) is 0 Å². The molecule has 0 spiro atoms. The van der Waals surface area contributed by atoms with Crippen LogP contribution in [-0.2, 0) is 19.8 Å². The maximum Gasteiger partial charge on any atom is 0.282 e. The van der Waals surface area contributed by atoms with Crippen molar-refractivity contribution < 1.29 is 18.0 Å². The van der Waals surface area contributed by atoms with Gasteiger partial charge in [0, 0.05) is 26.1 Å². The fourth-order valence-corrected chi connectivity index (χ4v) is 6.60. The molecule has 0 aromatic carbocycles. The van der Waals surface area contributed by atoms with E-state index in [9.17, 15) is 18.0 Å². The summed E-state index contributed by atoms with van der Waals surface area (Å²) in [5.41, 5.74) is 0. The molecular weight excluding hydrogens is 354 g/mol. The third-order valence-corrected chi connectivity index (χ3v) is 8.25. The predicted molar refractivity (Wildman–Crippen MR) is 98.3 cm³/mol. The molecule has 0 aromatic heterocycles. The van der Waals surface area contributed by atoms with Crippen LogP contribution in [0.4, 0.5) is 0 Å². The maximum atomic E-state index is 13.0. The van der Waals surface area contributed by atoms with E-state index in [0.29, 0.717) is 19.5 Å². The summed E-state index contributed by atoms with van der Waals surface area (Å²) in [5.74, 6) is -0.823. The van der Waals surface area contributed by atoms with Crippen molar-refractivity contribution in [2.24, 2.45) is 11.8 Å². The van der Waals surface area contributed by atoms with Crippen LogP contribution < -0.4 is 0 Å². The molecule has 8 heteroatoms. The Morgan fingerprint density at radius 2 is 1.85 bits per heavy atom. The van der Waals surface area contributed by atoms with Gasteiger partial charge in [-0.15, -0.1) is 0 Å². The molecule has 1 aliphatic carbocycles. The average Bonchev–Trinajstić information content (AvgIpc) is 3.16. The van der Waals surface area contributed by atoms with Gasteiger partial charge in [-0.1, -0.05) is 33.1 Å². The zero-order valence-electron chi connectivity index (χ0n) is 16.1. The molecule has 0 radical (unpaired) electrons. The number of carbonyl (C=O) groups is 2. The van der Waals surface area contributed by atoms with Gasteiger partial charge in [-0.2, -0.15) is 17.0 Å². The van der Waals surface area contributed by atoms with Crippen molar-refractivity contribution in [2.45, 2.75) is 70.9 Å². The third kappa shape index (κ3) is 3.20. The second-order valence-corrected chi connectivity index (χ2v) is 9.94. The van der Waals surface area contributed by atoms with Gasteiger partial charge < -0.3 is 0 Å². The summed E-state index contributed by atoms with van der Waals surface area (Å²) in [4.78, 5) is 27.3. The van der Waals surface area contributed by atoms with E-state index in [1.807, 2.05) is 6.92 Å². The van der Waals surface area contributed by atoms with E-state index in [1.54, 1.807) is 14.0 Å². The van der Waals surface area contributed by atoms with Crippen molar-refractivity contribution in [2.75, 3.05) is 20.1 Å².